The zero-order chi connectivity index (χ0) is 22.7. The highest BCUT2D eigenvalue weighted by molar-refractivity contribution is 6.34. The third kappa shape index (κ3) is 4.96. The van der Waals surface area contributed by atoms with E-state index in [1.54, 1.807) is 24.2 Å². The lowest BCUT2D eigenvalue weighted by molar-refractivity contribution is -0.0404. The molecule has 1 aromatic heterocycles. The second kappa shape index (κ2) is 9.99. The molecule has 1 aliphatic heterocycles. The number of nitrogens with zero attached hydrogens (tertiary/aromatic N) is 4. The molecular formula is C22H28ClN5O4. The first-order valence-electron chi connectivity index (χ1n) is 10.8. The maximum atomic E-state index is 13.0. The SMILES string of the molecule is CN1C(=O)N(c2ccccc2Cl)Cc2cnc(NC3CCC(OC[C@@H](O)CO)CC3)nc21. The molecule has 2 amide bonds. The van der Waals surface area contributed by atoms with Gasteiger partial charge in [0.1, 0.15) is 11.9 Å². The summed E-state index contributed by atoms with van der Waals surface area (Å²) >= 11 is 6.30. The third-order valence-corrected chi connectivity index (χ3v) is 6.21. The molecule has 1 saturated carbocycles. The van der Waals surface area contributed by atoms with Crippen LogP contribution in [0.2, 0.25) is 5.02 Å². The highest BCUT2D eigenvalue weighted by Crippen LogP contribution is 2.33. The largest absolute Gasteiger partial charge is 0.394 e. The van der Waals surface area contributed by atoms with Crippen molar-refractivity contribution in [2.75, 3.05) is 35.4 Å². The van der Waals surface area contributed by atoms with Gasteiger partial charge in [0, 0.05) is 24.8 Å². The normalized spacial score (nSPS) is 21.9. The van der Waals surface area contributed by atoms with Crippen molar-refractivity contribution < 1.29 is 19.7 Å². The highest BCUT2D eigenvalue weighted by Gasteiger charge is 2.32. The summed E-state index contributed by atoms with van der Waals surface area (Å²) in [5, 5.41) is 22.2. The second-order valence-electron chi connectivity index (χ2n) is 8.21. The Hall–Kier alpha value is -2.46. The molecule has 10 heteroatoms. The number of para-hydroxylation sites is 1. The van der Waals surface area contributed by atoms with E-state index in [4.69, 9.17) is 21.4 Å². The molecule has 2 aromatic rings. The van der Waals surface area contributed by atoms with Crippen LogP contribution in [0.15, 0.2) is 30.5 Å². The molecule has 1 aromatic carbocycles. The summed E-state index contributed by atoms with van der Waals surface area (Å²) in [6.07, 6.45) is 4.48. The number of aliphatic hydroxyl groups is 2. The minimum atomic E-state index is -0.830. The Morgan fingerprint density at radius 1 is 1.28 bits per heavy atom. The van der Waals surface area contributed by atoms with Crippen LogP contribution in [0.3, 0.4) is 0 Å². The molecular weight excluding hydrogens is 434 g/mol. The van der Waals surface area contributed by atoms with E-state index < -0.39 is 6.10 Å². The van der Waals surface area contributed by atoms with Gasteiger partial charge in [0.05, 0.1) is 36.6 Å². The number of carbonyl (C=O) groups is 1. The minimum absolute atomic E-state index is 0.0817. The molecule has 32 heavy (non-hydrogen) atoms. The van der Waals surface area contributed by atoms with Crippen LogP contribution in [0.4, 0.5) is 22.2 Å². The lowest BCUT2D eigenvalue weighted by atomic mass is 9.93. The summed E-state index contributed by atoms with van der Waals surface area (Å²) in [5.74, 6) is 1.08. The number of rotatable bonds is 7. The molecule has 0 saturated heterocycles. The maximum Gasteiger partial charge on any atom is 0.330 e. The molecule has 0 radical (unpaired) electrons. The van der Waals surface area contributed by atoms with Gasteiger partial charge in [-0.15, -0.1) is 0 Å². The lowest BCUT2D eigenvalue weighted by Gasteiger charge is -2.34. The van der Waals surface area contributed by atoms with E-state index in [-0.39, 0.29) is 31.4 Å². The minimum Gasteiger partial charge on any atom is -0.394 e. The van der Waals surface area contributed by atoms with Crippen molar-refractivity contribution in [3.63, 3.8) is 0 Å². The van der Waals surface area contributed by atoms with Gasteiger partial charge in [-0.2, -0.15) is 4.98 Å². The van der Waals surface area contributed by atoms with Crippen molar-refractivity contribution in [1.29, 1.82) is 0 Å². The number of amides is 2. The number of nitrogens with one attached hydrogen (secondary N) is 1. The average Bonchev–Trinajstić information content (AvgIpc) is 2.81. The first-order chi connectivity index (χ1) is 15.5. The molecule has 9 nitrogen and oxygen atoms in total. The van der Waals surface area contributed by atoms with Gasteiger partial charge in [-0.1, -0.05) is 23.7 Å². The fourth-order valence-electron chi connectivity index (χ4n) is 4.09. The zero-order valence-electron chi connectivity index (χ0n) is 17.9. The van der Waals surface area contributed by atoms with Crippen LogP contribution in [0.5, 0.6) is 0 Å². The summed E-state index contributed by atoms with van der Waals surface area (Å²) in [5.41, 5.74) is 1.50. The van der Waals surface area contributed by atoms with Gasteiger partial charge in [0.25, 0.3) is 0 Å². The predicted molar refractivity (Wildman–Crippen MR) is 122 cm³/mol. The zero-order valence-corrected chi connectivity index (χ0v) is 18.7. The Morgan fingerprint density at radius 2 is 2.03 bits per heavy atom. The van der Waals surface area contributed by atoms with E-state index in [1.807, 2.05) is 18.2 Å². The Bertz CT molecular complexity index is 954. The van der Waals surface area contributed by atoms with Crippen LogP contribution < -0.4 is 15.1 Å². The van der Waals surface area contributed by atoms with Crippen molar-refractivity contribution in [1.82, 2.24) is 9.97 Å². The van der Waals surface area contributed by atoms with E-state index >= 15 is 0 Å². The Labute approximate surface area is 192 Å². The van der Waals surface area contributed by atoms with Gasteiger partial charge in [-0.3, -0.25) is 9.80 Å². The van der Waals surface area contributed by atoms with Gasteiger partial charge in [0.15, 0.2) is 0 Å². The molecule has 0 unspecified atom stereocenters. The van der Waals surface area contributed by atoms with Gasteiger partial charge >= 0.3 is 6.03 Å². The van der Waals surface area contributed by atoms with E-state index in [0.29, 0.717) is 29.0 Å². The van der Waals surface area contributed by atoms with Crippen LogP contribution in [0.25, 0.3) is 0 Å². The number of aliphatic hydroxyl groups excluding tert-OH is 2. The van der Waals surface area contributed by atoms with Crippen molar-refractivity contribution in [3.8, 4) is 0 Å². The topological polar surface area (TPSA) is 111 Å². The number of anilines is 3. The first kappa shape index (κ1) is 22.7. The Balaban J connectivity index is 1.39. The number of halogens is 1. The van der Waals surface area contributed by atoms with Crippen LogP contribution >= 0.6 is 11.6 Å². The van der Waals surface area contributed by atoms with E-state index in [1.165, 1.54) is 4.90 Å². The van der Waals surface area contributed by atoms with Gasteiger partial charge in [0.2, 0.25) is 5.95 Å². The summed E-state index contributed by atoms with van der Waals surface area (Å²) in [4.78, 5) is 25.2. The number of benzene rings is 1. The fraction of sp³-hybridized carbons (Fsp3) is 0.500. The van der Waals surface area contributed by atoms with Crippen molar-refractivity contribution in [3.05, 3.63) is 41.0 Å². The molecule has 2 aliphatic rings. The smallest absolute Gasteiger partial charge is 0.330 e. The summed E-state index contributed by atoms with van der Waals surface area (Å²) in [6, 6.07) is 7.27. The molecule has 0 bridgehead atoms. The van der Waals surface area contributed by atoms with Crippen molar-refractivity contribution in [2.24, 2.45) is 0 Å². The highest BCUT2D eigenvalue weighted by atomic mass is 35.5. The third-order valence-electron chi connectivity index (χ3n) is 5.89. The number of ether oxygens (including phenoxy) is 1. The molecule has 0 spiro atoms. The van der Waals surface area contributed by atoms with Gasteiger partial charge < -0.3 is 20.3 Å². The average molecular weight is 462 g/mol. The number of fused-ring (bicyclic) bond motifs is 1. The molecule has 1 fully saturated rings. The first-order valence-corrected chi connectivity index (χ1v) is 11.2. The number of carbonyl (C=O) groups excluding carboxylic acids is 1. The van der Waals surface area contributed by atoms with E-state index in [2.05, 4.69) is 15.3 Å². The monoisotopic (exact) mass is 461 g/mol. The van der Waals surface area contributed by atoms with Gasteiger partial charge in [-0.25, -0.2) is 9.78 Å². The van der Waals surface area contributed by atoms with Crippen LogP contribution in [-0.2, 0) is 11.3 Å². The number of aromatic nitrogens is 2. The summed E-state index contributed by atoms with van der Waals surface area (Å²) in [6.45, 7) is 0.211. The predicted octanol–water partition coefficient (Wildman–Crippen LogP) is 2.80. The number of urea groups is 1. The molecule has 1 aliphatic carbocycles. The van der Waals surface area contributed by atoms with Gasteiger partial charge in [-0.05, 0) is 37.8 Å². The lowest BCUT2D eigenvalue weighted by Crippen LogP contribution is -2.46. The molecule has 3 N–H and O–H groups in total. The quantitative estimate of drug-likeness (QED) is 0.581. The second-order valence-corrected chi connectivity index (χ2v) is 8.62. The Morgan fingerprint density at radius 3 is 2.75 bits per heavy atom. The maximum absolute atomic E-state index is 13.0. The van der Waals surface area contributed by atoms with E-state index in [9.17, 15) is 9.90 Å². The number of hydrogen-bond donors (Lipinski definition) is 3. The van der Waals surface area contributed by atoms with Crippen molar-refractivity contribution >= 4 is 35.1 Å². The van der Waals surface area contributed by atoms with Crippen molar-refractivity contribution in [2.45, 2.75) is 50.5 Å². The standard InChI is InChI=1S/C22H28ClN5O4/c1-27-20-14(11-28(22(27)31)19-5-3-2-4-18(19)23)10-24-21(26-20)25-15-6-8-17(9-7-15)32-13-16(30)12-29/h2-5,10,15-17,29-30H,6-9,11-13H2,1H3,(H,24,25,26)/t15?,16-,17?/m0/s1. The molecule has 2 heterocycles. The van der Waals surface area contributed by atoms with Crippen LogP contribution in [-0.4, -0.2) is 64.7 Å². The fourth-order valence-corrected chi connectivity index (χ4v) is 4.33. The Kier molecular flexibility index (Phi) is 7.10. The molecule has 1 atom stereocenters. The molecule has 172 valence electrons. The summed E-state index contributed by atoms with van der Waals surface area (Å²) < 4.78 is 5.66. The summed E-state index contributed by atoms with van der Waals surface area (Å²) in [7, 11) is 1.70. The number of hydrogen-bond acceptors (Lipinski definition) is 7. The van der Waals surface area contributed by atoms with Crippen LogP contribution in [0, 0.1) is 0 Å². The van der Waals surface area contributed by atoms with Crippen LogP contribution in [0.1, 0.15) is 31.2 Å². The molecule has 4 rings (SSSR count). The van der Waals surface area contributed by atoms with E-state index in [0.717, 1.165) is 31.2 Å².